The van der Waals surface area contributed by atoms with E-state index in [0.29, 0.717) is 16.5 Å². The molecule has 0 aliphatic heterocycles. The van der Waals surface area contributed by atoms with Gasteiger partial charge in [0.05, 0.1) is 19.2 Å². The van der Waals surface area contributed by atoms with Crippen LogP contribution in [-0.2, 0) is 22.6 Å². The fraction of sp³-hybridized carbons (Fsp3) is 0.167. The molecule has 25 heavy (non-hydrogen) atoms. The van der Waals surface area contributed by atoms with Crippen LogP contribution in [0.3, 0.4) is 0 Å². The lowest BCUT2D eigenvalue weighted by Crippen LogP contribution is -2.09. The minimum Gasteiger partial charge on any atom is -0.496 e. The Morgan fingerprint density at radius 1 is 1.32 bits per heavy atom. The highest BCUT2D eigenvalue weighted by molar-refractivity contribution is 7.13. The maximum absolute atomic E-state index is 12.1. The van der Waals surface area contributed by atoms with Gasteiger partial charge in [0.2, 0.25) is 0 Å². The summed E-state index contributed by atoms with van der Waals surface area (Å²) < 4.78 is 10.6. The van der Waals surface area contributed by atoms with Crippen molar-refractivity contribution in [1.82, 2.24) is 9.97 Å². The van der Waals surface area contributed by atoms with Crippen LogP contribution in [0.2, 0.25) is 5.02 Å². The number of methoxy groups -OCH3 is 1. The van der Waals surface area contributed by atoms with Crippen LogP contribution in [0.25, 0.3) is 10.6 Å². The molecule has 5 nitrogen and oxygen atoms in total. The van der Waals surface area contributed by atoms with Crippen molar-refractivity contribution in [3.63, 3.8) is 0 Å². The van der Waals surface area contributed by atoms with Gasteiger partial charge in [0, 0.05) is 33.9 Å². The summed E-state index contributed by atoms with van der Waals surface area (Å²) in [5.74, 6) is 0.273. The van der Waals surface area contributed by atoms with E-state index in [9.17, 15) is 4.79 Å². The summed E-state index contributed by atoms with van der Waals surface area (Å²) in [7, 11) is 1.56. The number of halogens is 1. The number of rotatable bonds is 6. The molecule has 1 aromatic carbocycles. The monoisotopic (exact) mass is 374 g/mol. The van der Waals surface area contributed by atoms with Gasteiger partial charge in [0.15, 0.2) is 0 Å². The molecule has 128 valence electrons. The SMILES string of the molecule is COc1ccc(Cl)cc1COC(=O)Cc1csc(-c2cccnc2)n1. The molecule has 2 heterocycles. The predicted octanol–water partition coefficient (Wildman–Crippen LogP) is 4.15. The molecule has 0 radical (unpaired) electrons. The third-order valence-corrected chi connectivity index (χ3v) is 4.59. The summed E-state index contributed by atoms with van der Waals surface area (Å²) >= 11 is 7.44. The van der Waals surface area contributed by atoms with Gasteiger partial charge in [-0.1, -0.05) is 11.6 Å². The Balaban J connectivity index is 1.60. The number of carbonyl (C=O) groups excluding carboxylic acids is 1. The van der Waals surface area contributed by atoms with Gasteiger partial charge in [-0.25, -0.2) is 4.98 Å². The number of esters is 1. The molecule has 0 fully saturated rings. The van der Waals surface area contributed by atoms with Crippen molar-refractivity contribution >= 4 is 28.9 Å². The quantitative estimate of drug-likeness (QED) is 0.606. The Hall–Kier alpha value is -2.44. The number of aromatic nitrogens is 2. The first kappa shape index (κ1) is 17.4. The third kappa shape index (κ3) is 4.55. The first-order valence-corrected chi connectivity index (χ1v) is 8.74. The number of carbonyl (C=O) groups is 1. The molecular weight excluding hydrogens is 360 g/mol. The summed E-state index contributed by atoms with van der Waals surface area (Å²) in [6.45, 7) is 0.0994. The van der Waals surface area contributed by atoms with Crippen LogP contribution in [0, 0.1) is 0 Å². The van der Waals surface area contributed by atoms with Crippen LogP contribution in [-0.4, -0.2) is 23.0 Å². The highest BCUT2D eigenvalue weighted by atomic mass is 35.5. The molecule has 0 bridgehead atoms. The molecule has 0 atom stereocenters. The summed E-state index contributed by atoms with van der Waals surface area (Å²) in [6, 6.07) is 8.96. The second-order valence-corrected chi connectivity index (χ2v) is 6.47. The van der Waals surface area contributed by atoms with Gasteiger partial charge in [-0.3, -0.25) is 9.78 Å². The Morgan fingerprint density at radius 3 is 2.96 bits per heavy atom. The first-order valence-electron chi connectivity index (χ1n) is 7.48. The molecule has 3 rings (SSSR count). The molecule has 3 aromatic rings. The topological polar surface area (TPSA) is 61.3 Å². The van der Waals surface area contributed by atoms with Gasteiger partial charge in [-0.15, -0.1) is 11.3 Å². The summed E-state index contributed by atoms with van der Waals surface area (Å²) in [4.78, 5) is 20.6. The number of hydrogen-bond donors (Lipinski definition) is 0. The third-order valence-electron chi connectivity index (χ3n) is 3.42. The summed E-state index contributed by atoms with van der Waals surface area (Å²) in [5, 5.41) is 3.24. The van der Waals surface area contributed by atoms with E-state index in [1.54, 1.807) is 37.7 Å². The van der Waals surface area contributed by atoms with Crippen molar-refractivity contribution in [3.8, 4) is 16.3 Å². The molecule has 7 heteroatoms. The largest absolute Gasteiger partial charge is 0.496 e. The van der Waals surface area contributed by atoms with Crippen molar-refractivity contribution in [2.45, 2.75) is 13.0 Å². The zero-order chi connectivity index (χ0) is 17.6. The van der Waals surface area contributed by atoms with Crippen LogP contribution in [0.5, 0.6) is 5.75 Å². The lowest BCUT2D eigenvalue weighted by atomic mass is 10.2. The fourth-order valence-corrected chi connectivity index (χ4v) is 3.23. The normalized spacial score (nSPS) is 10.5. The minimum absolute atomic E-state index is 0.0994. The minimum atomic E-state index is -0.356. The van der Waals surface area contributed by atoms with Crippen LogP contribution in [0.4, 0.5) is 0 Å². The fourth-order valence-electron chi connectivity index (χ4n) is 2.23. The summed E-state index contributed by atoms with van der Waals surface area (Å²) in [5.41, 5.74) is 2.32. The lowest BCUT2D eigenvalue weighted by molar-refractivity contribution is -0.144. The second-order valence-electron chi connectivity index (χ2n) is 5.18. The van der Waals surface area contributed by atoms with Crippen molar-refractivity contribution in [1.29, 1.82) is 0 Å². The van der Waals surface area contributed by atoms with E-state index in [1.807, 2.05) is 17.5 Å². The van der Waals surface area contributed by atoms with Gasteiger partial charge in [-0.05, 0) is 30.3 Å². The molecule has 0 aliphatic carbocycles. The van der Waals surface area contributed by atoms with Gasteiger partial charge in [0.25, 0.3) is 0 Å². The number of ether oxygens (including phenoxy) is 2. The number of nitrogens with zero attached hydrogens (tertiary/aromatic N) is 2. The van der Waals surface area contributed by atoms with E-state index in [1.165, 1.54) is 11.3 Å². The van der Waals surface area contributed by atoms with Crippen molar-refractivity contribution < 1.29 is 14.3 Å². The zero-order valence-electron chi connectivity index (χ0n) is 13.4. The van der Waals surface area contributed by atoms with E-state index in [0.717, 1.165) is 16.1 Å². The Bertz CT molecular complexity index is 868. The smallest absolute Gasteiger partial charge is 0.312 e. The molecule has 0 aliphatic rings. The first-order chi connectivity index (χ1) is 12.2. The molecule has 0 N–H and O–H groups in total. The highest BCUT2D eigenvalue weighted by Crippen LogP contribution is 2.24. The zero-order valence-corrected chi connectivity index (χ0v) is 15.0. The number of pyridine rings is 1. The summed E-state index contributed by atoms with van der Waals surface area (Å²) in [6.07, 6.45) is 3.56. The number of hydrogen-bond acceptors (Lipinski definition) is 6. The van der Waals surface area contributed by atoms with Crippen LogP contribution >= 0.6 is 22.9 Å². The number of benzene rings is 1. The van der Waals surface area contributed by atoms with Gasteiger partial charge >= 0.3 is 5.97 Å². The van der Waals surface area contributed by atoms with Crippen molar-refractivity contribution in [2.75, 3.05) is 7.11 Å². The molecule has 2 aromatic heterocycles. The molecule has 0 spiro atoms. The maximum Gasteiger partial charge on any atom is 0.312 e. The Kier molecular flexibility index (Phi) is 5.63. The highest BCUT2D eigenvalue weighted by Gasteiger charge is 2.12. The average molecular weight is 375 g/mol. The van der Waals surface area contributed by atoms with Crippen LogP contribution in [0.15, 0.2) is 48.1 Å². The maximum atomic E-state index is 12.1. The molecule has 0 unspecified atom stereocenters. The standard InChI is InChI=1S/C18H15ClN2O3S/c1-23-16-5-4-14(19)7-13(16)10-24-17(22)8-15-11-25-18(21-15)12-3-2-6-20-9-12/h2-7,9,11H,8,10H2,1H3. The van der Waals surface area contributed by atoms with E-state index < -0.39 is 0 Å². The molecule has 0 amide bonds. The van der Waals surface area contributed by atoms with Gasteiger partial charge in [-0.2, -0.15) is 0 Å². The van der Waals surface area contributed by atoms with E-state index >= 15 is 0 Å². The van der Waals surface area contributed by atoms with Gasteiger partial charge < -0.3 is 9.47 Å². The van der Waals surface area contributed by atoms with Crippen LogP contribution in [0.1, 0.15) is 11.3 Å². The Morgan fingerprint density at radius 2 is 2.20 bits per heavy atom. The van der Waals surface area contributed by atoms with E-state index in [4.69, 9.17) is 21.1 Å². The average Bonchev–Trinajstić information content (AvgIpc) is 3.09. The van der Waals surface area contributed by atoms with E-state index in [-0.39, 0.29) is 19.0 Å². The second kappa shape index (κ2) is 8.09. The van der Waals surface area contributed by atoms with E-state index in [2.05, 4.69) is 9.97 Å². The molecular formula is C18H15ClN2O3S. The van der Waals surface area contributed by atoms with Crippen molar-refractivity contribution in [2.24, 2.45) is 0 Å². The molecule has 0 saturated heterocycles. The lowest BCUT2D eigenvalue weighted by Gasteiger charge is -2.09. The van der Waals surface area contributed by atoms with Crippen LogP contribution < -0.4 is 4.74 Å². The predicted molar refractivity (Wildman–Crippen MR) is 96.8 cm³/mol. The number of thiazole rings is 1. The molecule has 0 saturated carbocycles. The van der Waals surface area contributed by atoms with Gasteiger partial charge in [0.1, 0.15) is 17.4 Å². The van der Waals surface area contributed by atoms with Crippen molar-refractivity contribution in [3.05, 3.63) is 64.4 Å². The Labute approximate surface area is 154 Å².